The Morgan fingerprint density at radius 3 is 2.52 bits per heavy atom. The first-order valence-electron chi connectivity index (χ1n) is 16.4. The molecule has 0 saturated carbocycles. The summed E-state index contributed by atoms with van der Waals surface area (Å²) < 4.78 is 50.6. The standard InChI is InChI=1S/C36H33F3N6O5/c1-42-16-26(24-12-30(40-13-25(24)34(42)48)44-17-36(38,39)18-44)21-9-27(37)32(29(10-21)50-2)20-7-8-43(14-20)22-4-3-19-15-45(35(49)23(19)11-22)28-5-6-31(46)41-33(28)47/h3-4,9-13,16,20,28H,5-8,14-15,17-18H2,1-2H3,(H,41,46,47)/t20?,28-/m0/s1. The van der Waals surface area contributed by atoms with Gasteiger partial charge in [0.2, 0.25) is 11.8 Å². The SMILES string of the molecule is COc1cc(-c2cn(C)c(=O)c3cnc(N4CC(F)(F)C4)cc23)cc(F)c1C1CCN(c2ccc3c(c2)C(=O)N([C@H]2CCC(=O)NC2=O)C3)C1. The van der Waals surface area contributed by atoms with Crippen molar-refractivity contribution in [3.8, 4) is 16.9 Å². The normalized spacial score (nSPS) is 21.5. The summed E-state index contributed by atoms with van der Waals surface area (Å²) in [5, 5.41) is 3.07. The van der Waals surface area contributed by atoms with E-state index >= 15 is 4.39 Å². The van der Waals surface area contributed by atoms with Gasteiger partial charge in [0.25, 0.3) is 17.4 Å². The van der Waals surface area contributed by atoms with Crippen LogP contribution < -0.4 is 25.4 Å². The first kappa shape index (κ1) is 31.8. The predicted molar refractivity (Wildman–Crippen MR) is 178 cm³/mol. The molecule has 14 heteroatoms. The number of aryl methyl sites for hydroxylation is 1. The number of halogens is 3. The molecule has 4 aliphatic heterocycles. The number of imide groups is 1. The zero-order chi connectivity index (χ0) is 35.1. The lowest BCUT2D eigenvalue weighted by Gasteiger charge is -2.39. The van der Waals surface area contributed by atoms with Crippen molar-refractivity contribution in [2.75, 3.05) is 43.1 Å². The second-order valence-electron chi connectivity index (χ2n) is 13.5. The summed E-state index contributed by atoms with van der Waals surface area (Å²) in [7, 11) is 3.06. The van der Waals surface area contributed by atoms with E-state index in [0.29, 0.717) is 58.7 Å². The van der Waals surface area contributed by atoms with E-state index in [1.165, 1.54) is 33.7 Å². The van der Waals surface area contributed by atoms with E-state index in [4.69, 9.17) is 4.74 Å². The Morgan fingerprint density at radius 1 is 0.980 bits per heavy atom. The Hall–Kier alpha value is -5.40. The number of nitrogens with one attached hydrogen (secondary N) is 1. The minimum atomic E-state index is -2.80. The van der Waals surface area contributed by atoms with Crippen LogP contribution >= 0.6 is 0 Å². The van der Waals surface area contributed by atoms with E-state index in [2.05, 4.69) is 15.2 Å². The van der Waals surface area contributed by atoms with Gasteiger partial charge in [0.05, 0.1) is 25.6 Å². The highest BCUT2D eigenvalue weighted by Crippen LogP contribution is 2.42. The van der Waals surface area contributed by atoms with E-state index in [1.807, 2.05) is 18.2 Å². The quantitative estimate of drug-likeness (QED) is 0.303. The molecule has 11 nitrogen and oxygen atoms in total. The third kappa shape index (κ3) is 5.24. The summed E-state index contributed by atoms with van der Waals surface area (Å²) in [5.74, 6) is -3.91. The number of rotatable bonds is 6. The second kappa shape index (κ2) is 11.6. The minimum absolute atomic E-state index is 0.181. The average molecular weight is 687 g/mol. The Bertz CT molecular complexity index is 2180. The lowest BCUT2D eigenvalue weighted by Crippen LogP contribution is -2.56. The average Bonchev–Trinajstić information content (AvgIpc) is 3.69. The summed E-state index contributed by atoms with van der Waals surface area (Å²) in [6, 6.07) is 9.66. The Kier molecular flexibility index (Phi) is 7.39. The first-order chi connectivity index (χ1) is 23.9. The largest absolute Gasteiger partial charge is 0.496 e. The first-order valence-corrected chi connectivity index (χ1v) is 16.4. The van der Waals surface area contributed by atoms with Gasteiger partial charge in [-0.05, 0) is 54.3 Å². The summed E-state index contributed by atoms with van der Waals surface area (Å²) in [5.41, 5.74) is 3.21. The number of methoxy groups -OCH3 is 1. The highest BCUT2D eigenvalue weighted by atomic mass is 19.3. The van der Waals surface area contributed by atoms with Crippen LogP contribution in [0.15, 0.2) is 53.6 Å². The van der Waals surface area contributed by atoms with Gasteiger partial charge in [0.15, 0.2) is 0 Å². The fraction of sp³-hybridized carbons (Fsp3) is 0.361. The molecule has 1 N–H and O–H groups in total. The van der Waals surface area contributed by atoms with Crippen LogP contribution in [0.2, 0.25) is 0 Å². The molecule has 2 aromatic heterocycles. The van der Waals surface area contributed by atoms with Gasteiger partial charge >= 0.3 is 0 Å². The molecule has 50 heavy (non-hydrogen) atoms. The number of carbonyl (C=O) groups excluding carboxylic acids is 3. The molecule has 4 aromatic rings. The van der Waals surface area contributed by atoms with Crippen LogP contribution in [0.1, 0.15) is 46.7 Å². The number of piperidine rings is 1. The number of benzene rings is 2. The maximum Gasteiger partial charge on any atom is 0.282 e. The number of carbonyl (C=O) groups is 3. The third-order valence-electron chi connectivity index (χ3n) is 10.3. The van der Waals surface area contributed by atoms with Crippen molar-refractivity contribution in [3.63, 3.8) is 0 Å². The molecule has 0 bridgehead atoms. The van der Waals surface area contributed by atoms with Crippen molar-refractivity contribution < 1.29 is 32.3 Å². The molecular weight excluding hydrogens is 653 g/mol. The second-order valence-corrected chi connectivity index (χ2v) is 13.5. The molecule has 0 aliphatic carbocycles. The van der Waals surface area contributed by atoms with Crippen molar-refractivity contribution in [2.24, 2.45) is 7.05 Å². The van der Waals surface area contributed by atoms with E-state index in [9.17, 15) is 28.0 Å². The van der Waals surface area contributed by atoms with Gasteiger partial charge in [-0.25, -0.2) is 18.2 Å². The van der Waals surface area contributed by atoms with Gasteiger partial charge in [-0.15, -0.1) is 0 Å². The molecule has 0 spiro atoms. The number of pyridine rings is 2. The zero-order valence-electron chi connectivity index (χ0n) is 27.3. The Balaban J connectivity index is 1.06. The number of anilines is 2. The molecule has 3 saturated heterocycles. The van der Waals surface area contributed by atoms with Crippen molar-refractivity contribution in [2.45, 2.75) is 43.7 Å². The van der Waals surface area contributed by atoms with Crippen molar-refractivity contribution in [1.29, 1.82) is 0 Å². The van der Waals surface area contributed by atoms with Crippen LogP contribution in [-0.4, -0.2) is 77.4 Å². The molecule has 3 amide bonds. The van der Waals surface area contributed by atoms with Crippen molar-refractivity contribution in [1.82, 2.24) is 19.8 Å². The molecule has 258 valence electrons. The number of amides is 3. The topological polar surface area (TPSA) is 117 Å². The van der Waals surface area contributed by atoms with Crippen molar-refractivity contribution >= 4 is 40.0 Å². The molecular formula is C36H33F3N6O5. The highest BCUT2D eigenvalue weighted by molar-refractivity contribution is 6.05. The molecule has 4 aliphatic rings. The van der Waals surface area contributed by atoms with Crippen LogP contribution in [0.3, 0.4) is 0 Å². The van der Waals surface area contributed by atoms with E-state index in [0.717, 1.165) is 11.3 Å². The van der Waals surface area contributed by atoms with Crippen molar-refractivity contribution in [3.05, 3.63) is 81.7 Å². The molecule has 6 heterocycles. The van der Waals surface area contributed by atoms with Gasteiger partial charge in [-0.2, -0.15) is 0 Å². The Morgan fingerprint density at radius 2 is 1.78 bits per heavy atom. The molecule has 2 atom stereocenters. The molecule has 0 radical (unpaired) electrons. The lowest BCUT2D eigenvalue weighted by atomic mass is 9.92. The monoisotopic (exact) mass is 686 g/mol. The minimum Gasteiger partial charge on any atom is -0.496 e. The van der Waals surface area contributed by atoms with Gasteiger partial charge in [-0.3, -0.25) is 24.5 Å². The number of nitrogens with zero attached hydrogens (tertiary/aromatic N) is 5. The fourth-order valence-corrected chi connectivity index (χ4v) is 7.71. The summed E-state index contributed by atoms with van der Waals surface area (Å²) >= 11 is 0. The van der Waals surface area contributed by atoms with E-state index < -0.39 is 36.8 Å². The summed E-state index contributed by atoms with van der Waals surface area (Å²) in [6.07, 6.45) is 4.06. The van der Waals surface area contributed by atoms with Crippen LogP contribution in [0, 0.1) is 5.82 Å². The number of fused-ring (bicyclic) bond motifs is 2. The zero-order valence-corrected chi connectivity index (χ0v) is 27.3. The lowest BCUT2D eigenvalue weighted by molar-refractivity contribution is -0.136. The Labute approximate surface area is 284 Å². The van der Waals surface area contributed by atoms with Crippen LogP contribution in [0.4, 0.5) is 24.7 Å². The van der Waals surface area contributed by atoms with Crippen LogP contribution in [-0.2, 0) is 23.2 Å². The highest BCUT2D eigenvalue weighted by Gasteiger charge is 2.44. The predicted octanol–water partition coefficient (Wildman–Crippen LogP) is 3.96. The number of hydrogen-bond acceptors (Lipinski definition) is 8. The van der Waals surface area contributed by atoms with Crippen LogP contribution in [0.5, 0.6) is 5.75 Å². The number of alkyl halides is 2. The van der Waals surface area contributed by atoms with Gasteiger partial charge in [-0.1, -0.05) is 6.07 Å². The number of aromatic nitrogens is 2. The molecule has 3 fully saturated rings. The van der Waals surface area contributed by atoms with E-state index in [1.54, 1.807) is 25.4 Å². The number of ether oxygens (including phenoxy) is 1. The molecule has 2 aromatic carbocycles. The van der Waals surface area contributed by atoms with E-state index in [-0.39, 0.29) is 48.1 Å². The smallest absolute Gasteiger partial charge is 0.282 e. The van der Waals surface area contributed by atoms with Crippen LogP contribution in [0.25, 0.3) is 21.9 Å². The summed E-state index contributed by atoms with van der Waals surface area (Å²) in [4.78, 5) is 59.7. The molecule has 1 unspecified atom stereocenters. The molecule has 8 rings (SSSR count). The maximum atomic E-state index is 16.2. The summed E-state index contributed by atoms with van der Waals surface area (Å²) in [6.45, 7) is 0.424. The van der Waals surface area contributed by atoms with Gasteiger partial charge in [0, 0.05) is 79.2 Å². The number of hydrogen-bond donors (Lipinski definition) is 1. The maximum absolute atomic E-state index is 16.2. The van der Waals surface area contributed by atoms with Gasteiger partial charge < -0.3 is 24.0 Å². The third-order valence-corrected chi connectivity index (χ3v) is 10.3. The fourth-order valence-electron chi connectivity index (χ4n) is 7.71. The van der Waals surface area contributed by atoms with Gasteiger partial charge in [0.1, 0.15) is 23.4 Å².